The van der Waals surface area contributed by atoms with E-state index in [1.54, 1.807) is 6.07 Å². The summed E-state index contributed by atoms with van der Waals surface area (Å²) >= 11 is 0. The number of phenolic OH excluding ortho intramolecular Hbond substituents is 2. The molecule has 0 saturated heterocycles. The molecule has 1 atom stereocenters. The standard InChI is InChI=1S/C20H16O2/c21-18-11-10-16-14-8-4-5-9-15(14)17(19(16)20(18)22)12-13-6-2-1-3-7-13/h1-11,17,21-22H,12H2. The molecule has 2 heteroatoms. The maximum Gasteiger partial charge on any atom is 0.161 e. The minimum Gasteiger partial charge on any atom is -0.504 e. The maximum atomic E-state index is 10.4. The van der Waals surface area contributed by atoms with Gasteiger partial charge < -0.3 is 10.2 Å². The summed E-state index contributed by atoms with van der Waals surface area (Å²) < 4.78 is 0. The summed E-state index contributed by atoms with van der Waals surface area (Å²) in [5.41, 5.74) is 5.44. The molecular formula is C20H16O2. The van der Waals surface area contributed by atoms with E-state index in [2.05, 4.69) is 24.3 Å². The van der Waals surface area contributed by atoms with Crippen LogP contribution in [0.25, 0.3) is 11.1 Å². The van der Waals surface area contributed by atoms with Gasteiger partial charge in [-0.3, -0.25) is 0 Å². The third-order valence-electron chi connectivity index (χ3n) is 4.45. The first-order valence-electron chi connectivity index (χ1n) is 7.44. The number of benzene rings is 3. The van der Waals surface area contributed by atoms with Gasteiger partial charge in [-0.25, -0.2) is 0 Å². The van der Waals surface area contributed by atoms with E-state index in [0.717, 1.165) is 23.1 Å². The normalized spacial score (nSPS) is 15.4. The van der Waals surface area contributed by atoms with Crippen LogP contribution in [0.5, 0.6) is 11.5 Å². The van der Waals surface area contributed by atoms with Gasteiger partial charge >= 0.3 is 0 Å². The third kappa shape index (κ3) is 1.88. The van der Waals surface area contributed by atoms with Crippen molar-refractivity contribution >= 4 is 0 Å². The van der Waals surface area contributed by atoms with E-state index in [0.29, 0.717) is 0 Å². The van der Waals surface area contributed by atoms with Crippen molar-refractivity contribution in [2.45, 2.75) is 12.3 Å². The number of hydrogen-bond donors (Lipinski definition) is 2. The molecule has 3 aromatic carbocycles. The largest absolute Gasteiger partial charge is 0.504 e. The lowest BCUT2D eigenvalue weighted by Gasteiger charge is -2.15. The number of hydrogen-bond acceptors (Lipinski definition) is 2. The van der Waals surface area contributed by atoms with Crippen LogP contribution in [0.2, 0.25) is 0 Å². The monoisotopic (exact) mass is 288 g/mol. The predicted molar refractivity (Wildman–Crippen MR) is 87.2 cm³/mol. The Hall–Kier alpha value is -2.74. The number of phenols is 2. The fourth-order valence-electron chi connectivity index (χ4n) is 3.45. The van der Waals surface area contributed by atoms with E-state index in [-0.39, 0.29) is 17.4 Å². The third-order valence-corrected chi connectivity index (χ3v) is 4.45. The molecule has 0 amide bonds. The highest BCUT2D eigenvalue weighted by Crippen LogP contribution is 2.51. The SMILES string of the molecule is Oc1ccc2c(c1O)C(Cc1ccccc1)c1ccccc1-2. The molecule has 4 rings (SSSR count). The van der Waals surface area contributed by atoms with Crippen molar-refractivity contribution in [3.05, 3.63) is 83.4 Å². The van der Waals surface area contributed by atoms with Gasteiger partial charge in [0.2, 0.25) is 0 Å². The first-order chi connectivity index (χ1) is 10.8. The molecule has 2 N–H and O–H groups in total. The smallest absolute Gasteiger partial charge is 0.161 e. The molecule has 0 aromatic heterocycles. The van der Waals surface area contributed by atoms with Crippen LogP contribution < -0.4 is 0 Å². The number of rotatable bonds is 2. The highest BCUT2D eigenvalue weighted by atomic mass is 16.3. The Bertz CT molecular complexity index is 838. The van der Waals surface area contributed by atoms with Gasteiger partial charge in [-0.1, -0.05) is 60.7 Å². The van der Waals surface area contributed by atoms with Crippen LogP contribution in [0, 0.1) is 0 Å². The van der Waals surface area contributed by atoms with Crippen molar-refractivity contribution in [1.82, 2.24) is 0 Å². The van der Waals surface area contributed by atoms with Crippen LogP contribution in [-0.4, -0.2) is 10.2 Å². The molecule has 1 aliphatic carbocycles. The van der Waals surface area contributed by atoms with Crippen molar-refractivity contribution in [2.75, 3.05) is 0 Å². The fourth-order valence-corrected chi connectivity index (χ4v) is 3.45. The predicted octanol–water partition coefficient (Wildman–Crippen LogP) is 4.45. The van der Waals surface area contributed by atoms with E-state index < -0.39 is 0 Å². The summed E-state index contributed by atoms with van der Waals surface area (Å²) in [6.45, 7) is 0. The second kappa shape index (κ2) is 4.92. The van der Waals surface area contributed by atoms with Crippen LogP contribution >= 0.6 is 0 Å². The van der Waals surface area contributed by atoms with Gasteiger partial charge in [-0.05, 0) is 34.7 Å². The summed E-state index contributed by atoms with van der Waals surface area (Å²) in [4.78, 5) is 0. The van der Waals surface area contributed by atoms with E-state index >= 15 is 0 Å². The Balaban J connectivity index is 1.90. The van der Waals surface area contributed by atoms with Crippen molar-refractivity contribution in [3.8, 4) is 22.6 Å². The van der Waals surface area contributed by atoms with Gasteiger partial charge in [0.05, 0.1) is 0 Å². The molecule has 22 heavy (non-hydrogen) atoms. The molecule has 1 aliphatic rings. The lowest BCUT2D eigenvalue weighted by atomic mass is 9.89. The molecule has 0 fully saturated rings. The topological polar surface area (TPSA) is 40.5 Å². The van der Waals surface area contributed by atoms with Crippen molar-refractivity contribution in [1.29, 1.82) is 0 Å². The van der Waals surface area contributed by atoms with Crippen LogP contribution in [0.3, 0.4) is 0 Å². The summed E-state index contributed by atoms with van der Waals surface area (Å²) in [6, 6.07) is 21.9. The van der Waals surface area contributed by atoms with E-state index in [1.807, 2.05) is 36.4 Å². The Kier molecular flexibility index (Phi) is 2.90. The van der Waals surface area contributed by atoms with Gasteiger partial charge in [0.15, 0.2) is 11.5 Å². The Labute approximate surface area is 129 Å². The molecule has 0 aliphatic heterocycles. The second-order valence-corrected chi connectivity index (χ2v) is 5.72. The summed E-state index contributed by atoms with van der Waals surface area (Å²) in [5.74, 6) is 0.0277. The summed E-state index contributed by atoms with van der Waals surface area (Å²) in [6.07, 6.45) is 0.807. The zero-order chi connectivity index (χ0) is 15.1. The Morgan fingerprint density at radius 3 is 2.27 bits per heavy atom. The fraction of sp³-hybridized carbons (Fsp3) is 0.100. The average molecular weight is 288 g/mol. The van der Waals surface area contributed by atoms with E-state index in [9.17, 15) is 10.2 Å². The highest BCUT2D eigenvalue weighted by molar-refractivity contribution is 5.82. The van der Waals surface area contributed by atoms with Gasteiger partial charge in [-0.2, -0.15) is 0 Å². The lowest BCUT2D eigenvalue weighted by Crippen LogP contribution is -2.01. The quantitative estimate of drug-likeness (QED) is 0.684. The molecule has 108 valence electrons. The first-order valence-corrected chi connectivity index (χ1v) is 7.44. The van der Waals surface area contributed by atoms with E-state index in [4.69, 9.17) is 0 Å². The molecule has 0 radical (unpaired) electrons. The molecule has 1 unspecified atom stereocenters. The number of fused-ring (bicyclic) bond motifs is 3. The zero-order valence-corrected chi connectivity index (χ0v) is 12.0. The van der Waals surface area contributed by atoms with E-state index in [1.165, 1.54) is 11.1 Å². The molecule has 0 bridgehead atoms. The molecular weight excluding hydrogens is 272 g/mol. The maximum absolute atomic E-state index is 10.4. The van der Waals surface area contributed by atoms with Gasteiger partial charge in [0.25, 0.3) is 0 Å². The Morgan fingerprint density at radius 2 is 1.45 bits per heavy atom. The van der Waals surface area contributed by atoms with Gasteiger partial charge in [0.1, 0.15) is 0 Å². The summed E-state index contributed by atoms with van der Waals surface area (Å²) in [5, 5.41) is 20.3. The molecule has 0 saturated carbocycles. The van der Waals surface area contributed by atoms with Gasteiger partial charge in [-0.15, -0.1) is 0 Å². The second-order valence-electron chi connectivity index (χ2n) is 5.72. The molecule has 3 aromatic rings. The van der Waals surface area contributed by atoms with Crippen LogP contribution in [0.4, 0.5) is 0 Å². The molecule has 0 heterocycles. The van der Waals surface area contributed by atoms with Crippen molar-refractivity contribution in [2.24, 2.45) is 0 Å². The molecule has 0 spiro atoms. The molecule has 2 nitrogen and oxygen atoms in total. The van der Waals surface area contributed by atoms with Gasteiger partial charge in [0, 0.05) is 11.5 Å². The zero-order valence-electron chi connectivity index (χ0n) is 12.0. The minimum absolute atomic E-state index is 0.00892. The number of aromatic hydroxyl groups is 2. The van der Waals surface area contributed by atoms with Crippen LogP contribution in [0.15, 0.2) is 66.7 Å². The Morgan fingerprint density at radius 1 is 0.727 bits per heavy atom. The lowest BCUT2D eigenvalue weighted by molar-refractivity contribution is 0.398. The minimum atomic E-state index is -0.0513. The van der Waals surface area contributed by atoms with Crippen LogP contribution in [0.1, 0.15) is 22.6 Å². The van der Waals surface area contributed by atoms with Crippen molar-refractivity contribution < 1.29 is 10.2 Å². The first kappa shape index (κ1) is 13.0. The average Bonchev–Trinajstić information content (AvgIpc) is 2.87. The van der Waals surface area contributed by atoms with Crippen molar-refractivity contribution in [3.63, 3.8) is 0 Å². The summed E-state index contributed by atoms with van der Waals surface area (Å²) in [7, 11) is 0. The highest BCUT2D eigenvalue weighted by Gasteiger charge is 2.32. The van der Waals surface area contributed by atoms with Crippen LogP contribution in [-0.2, 0) is 6.42 Å².